The maximum absolute atomic E-state index is 13.2. The number of anilines is 1. The molecule has 3 N–H and O–H groups in total. The Morgan fingerprint density at radius 2 is 2.00 bits per heavy atom. The summed E-state index contributed by atoms with van der Waals surface area (Å²) in [5.74, 6) is -0.406. The highest BCUT2D eigenvalue weighted by atomic mass is 32.2. The summed E-state index contributed by atoms with van der Waals surface area (Å²) in [7, 11) is 0. The van der Waals surface area contributed by atoms with Gasteiger partial charge in [-0.15, -0.1) is 11.8 Å². The molecule has 0 bridgehead atoms. The van der Waals surface area contributed by atoms with Crippen LogP contribution in [0.15, 0.2) is 23.1 Å². The molecule has 0 spiro atoms. The fourth-order valence-corrected chi connectivity index (χ4v) is 2.69. The van der Waals surface area contributed by atoms with Crippen molar-refractivity contribution in [3.63, 3.8) is 0 Å². The van der Waals surface area contributed by atoms with Crippen LogP contribution in [0.2, 0.25) is 0 Å². The predicted octanol–water partition coefficient (Wildman–Crippen LogP) is 3.19. The van der Waals surface area contributed by atoms with Gasteiger partial charge in [0.2, 0.25) is 5.91 Å². The monoisotopic (exact) mass is 284 g/mol. The van der Waals surface area contributed by atoms with E-state index in [1.165, 1.54) is 23.9 Å². The van der Waals surface area contributed by atoms with E-state index in [4.69, 9.17) is 5.73 Å². The van der Waals surface area contributed by atoms with Gasteiger partial charge in [-0.1, -0.05) is 13.8 Å². The van der Waals surface area contributed by atoms with E-state index < -0.39 is 0 Å². The maximum atomic E-state index is 13.2. The minimum atomic E-state index is -0.380. The van der Waals surface area contributed by atoms with E-state index in [1.807, 2.05) is 20.8 Å². The third-order valence-electron chi connectivity index (χ3n) is 2.91. The van der Waals surface area contributed by atoms with Gasteiger partial charge in [-0.25, -0.2) is 4.39 Å². The Morgan fingerprint density at radius 3 is 2.53 bits per heavy atom. The molecule has 0 fully saturated rings. The third kappa shape index (κ3) is 5.11. The highest BCUT2D eigenvalue weighted by Crippen LogP contribution is 2.26. The summed E-state index contributed by atoms with van der Waals surface area (Å²) in [6.07, 6.45) is 1.82. The second kappa shape index (κ2) is 7.38. The van der Waals surface area contributed by atoms with E-state index in [1.54, 1.807) is 6.07 Å². The minimum absolute atomic E-state index is 0.0264. The van der Waals surface area contributed by atoms with Crippen LogP contribution in [0.25, 0.3) is 0 Å². The van der Waals surface area contributed by atoms with Crippen LogP contribution in [0.1, 0.15) is 33.6 Å². The van der Waals surface area contributed by atoms with Crippen LogP contribution in [0, 0.1) is 5.82 Å². The lowest BCUT2D eigenvalue weighted by atomic mass is 10.2. The van der Waals surface area contributed by atoms with Crippen molar-refractivity contribution in [2.45, 2.75) is 49.8 Å². The minimum Gasteiger partial charge on any atom is -0.399 e. The zero-order chi connectivity index (χ0) is 14.4. The van der Waals surface area contributed by atoms with Gasteiger partial charge < -0.3 is 11.1 Å². The number of thioether (sulfide) groups is 1. The van der Waals surface area contributed by atoms with Crippen LogP contribution in [0.4, 0.5) is 10.1 Å². The molecule has 1 aromatic rings. The molecule has 0 aromatic heterocycles. The van der Waals surface area contributed by atoms with Crippen LogP contribution in [0.3, 0.4) is 0 Å². The quantitative estimate of drug-likeness (QED) is 0.623. The van der Waals surface area contributed by atoms with E-state index in [-0.39, 0.29) is 23.0 Å². The Bertz CT molecular complexity index is 415. The summed E-state index contributed by atoms with van der Waals surface area (Å²) in [4.78, 5) is 12.7. The highest BCUT2D eigenvalue weighted by Gasteiger charge is 2.17. The largest absolute Gasteiger partial charge is 0.399 e. The molecule has 0 saturated carbocycles. The van der Waals surface area contributed by atoms with Gasteiger partial charge in [0.1, 0.15) is 5.82 Å². The predicted molar refractivity (Wildman–Crippen MR) is 78.6 cm³/mol. The van der Waals surface area contributed by atoms with Crippen molar-refractivity contribution in [2.24, 2.45) is 0 Å². The summed E-state index contributed by atoms with van der Waals surface area (Å²) in [5, 5.41) is 2.70. The number of halogens is 1. The van der Waals surface area contributed by atoms with E-state index in [9.17, 15) is 9.18 Å². The van der Waals surface area contributed by atoms with Gasteiger partial charge in [-0.3, -0.25) is 4.79 Å². The summed E-state index contributed by atoms with van der Waals surface area (Å²) in [5.41, 5.74) is 5.95. The van der Waals surface area contributed by atoms with Crippen molar-refractivity contribution in [3.8, 4) is 0 Å². The molecule has 0 saturated heterocycles. The zero-order valence-corrected chi connectivity index (χ0v) is 12.4. The molecule has 1 atom stereocenters. The first-order valence-electron chi connectivity index (χ1n) is 6.49. The maximum Gasteiger partial charge on any atom is 0.233 e. The van der Waals surface area contributed by atoms with Crippen molar-refractivity contribution in [1.82, 2.24) is 5.32 Å². The van der Waals surface area contributed by atoms with Gasteiger partial charge in [0, 0.05) is 16.6 Å². The smallest absolute Gasteiger partial charge is 0.233 e. The standard InChI is InChI=1S/C14H21FN2OS/c1-4-12(5-2)17-14(18)9(3)19-13-7-10(15)6-11(16)8-13/h6-9,12H,4-5,16H2,1-3H3,(H,17,18). The Hall–Kier alpha value is -1.23. The molecule has 5 heteroatoms. The Balaban J connectivity index is 2.63. The van der Waals surface area contributed by atoms with Crippen molar-refractivity contribution in [3.05, 3.63) is 24.0 Å². The van der Waals surface area contributed by atoms with E-state index in [0.717, 1.165) is 12.8 Å². The van der Waals surface area contributed by atoms with E-state index in [2.05, 4.69) is 5.32 Å². The lowest BCUT2D eigenvalue weighted by molar-refractivity contribution is -0.121. The number of nitrogens with two attached hydrogens (primary N) is 1. The number of nitrogen functional groups attached to an aromatic ring is 1. The average molecular weight is 284 g/mol. The second-order valence-electron chi connectivity index (χ2n) is 4.50. The van der Waals surface area contributed by atoms with Crippen molar-refractivity contribution in [2.75, 3.05) is 5.73 Å². The molecular weight excluding hydrogens is 263 g/mol. The zero-order valence-electron chi connectivity index (χ0n) is 11.6. The molecular formula is C14H21FN2OS. The van der Waals surface area contributed by atoms with Crippen LogP contribution in [-0.2, 0) is 4.79 Å². The van der Waals surface area contributed by atoms with Gasteiger partial charge in [-0.2, -0.15) is 0 Å². The van der Waals surface area contributed by atoms with Crippen LogP contribution < -0.4 is 11.1 Å². The van der Waals surface area contributed by atoms with Crippen LogP contribution in [-0.4, -0.2) is 17.2 Å². The molecule has 3 nitrogen and oxygen atoms in total. The number of carbonyl (C=O) groups excluding carboxylic acids is 1. The number of nitrogens with one attached hydrogen (secondary N) is 1. The van der Waals surface area contributed by atoms with Crippen molar-refractivity contribution in [1.29, 1.82) is 0 Å². The summed E-state index contributed by atoms with van der Waals surface area (Å²) in [6, 6.07) is 4.53. The van der Waals surface area contributed by atoms with Gasteiger partial charge in [-0.05, 0) is 38.0 Å². The number of hydrogen-bond acceptors (Lipinski definition) is 3. The summed E-state index contributed by atoms with van der Waals surface area (Å²) < 4.78 is 13.2. The van der Waals surface area contributed by atoms with Crippen molar-refractivity contribution >= 4 is 23.4 Å². The summed E-state index contributed by atoms with van der Waals surface area (Å²) >= 11 is 1.31. The molecule has 0 aliphatic heterocycles. The number of benzene rings is 1. The average Bonchev–Trinajstić information content (AvgIpc) is 2.34. The first-order chi connectivity index (χ1) is 8.96. The van der Waals surface area contributed by atoms with E-state index >= 15 is 0 Å². The van der Waals surface area contributed by atoms with Gasteiger partial charge in [0.05, 0.1) is 5.25 Å². The first kappa shape index (κ1) is 15.8. The van der Waals surface area contributed by atoms with Gasteiger partial charge in [0.15, 0.2) is 0 Å². The van der Waals surface area contributed by atoms with Crippen LogP contribution in [0.5, 0.6) is 0 Å². The Kier molecular flexibility index (Phi) is 6.15. The van der Waals surface area contributed by atoms with E-state index in [0.29, 0.717) is 10.6 Å². The molecule has 1 unspecified atom stereocenters. The molecule has 0 radical (unpaired) electrons. The Labute approximate surface area is 118 Å². The lowest BCUT2D eigenvalue weighted by Gasteiger charge is -2.18. The molecule has 0 heterocycles. The molecule has 19 heavy (non-hydrogen) atoms. The first-order valence-corrected chi connectivity index (χ1v) is 7.37. The van der Waals surface area contributed by atoms with Gasteiger partial charge in [0.25, 0.3) is 0 Å². The second-order valence-corrected chi connectivity index (χ2v) is 5.92. The lowest BCUT2D eigenvalue weighted by Crippen LogP contribution is -2.38. The number of amides is 1. The molecule has 106 valence electrons. The SMILES string of the molecule is CCC(CC)NC(=O)C(C)Sc1cc(N)cc(F)c1. The van der Waals surface area contributed by atoms with Crippen molar-refractivity contribution < 1.29 is 9.18 Å². The fourth-order valence-electron chi connectivity index (χ4n) is 1.72. The van der Waals surface area contributed by atoms with Gasteiger partial charge >= 0.3 is 0 Å². The Morgan fingerprint density at radius 1 is 1.37 bits per heavy atom. The topological polar surface area (TPSA) is 55.1 Å². The molecule has 1 aromatic carbocycles. The molecule has 0 aliphatic rings. The molecule has 1 rings (SSSR count). The molecule has 1 amide bonds. The number of rotatable bonds is 6. The fraction of sp³-hybridized carbons (Fsp3) is 0.500. The molecule has 0 aliphatic carbocycles. The number of hydrogen-bond donors (Lipinski definition) is 2. The normalized spacial score (nSPS) is 12.5. The number of carbonyl (C=O) groups is 1. The van der Waals surface area contributed by atoms with Crippen LogP contribution >= 0.6 is 11.8 Å². The highest BCUT2D eigenvalue weighted by molar-refractivity contribution is 8.00. The third-order valence-corrected chi connectivity index (χ3v) is 3.98. The summed E-state index contributed by atoms with van der Waals surface area (Å²) in [6.45, 7) is 5.89.